The van der Waals surface area contributed by atoms with Crippen molar-refractivity contribution in [1.29, 1.82) is 0 Å². The summed E-state index contributed by atoms with van der Waals surface area (Å²) in [5.74, 6) is -0.808. The van der Waals surface area contributed by atoms with Crippen LogP contribution in [0.15, 0.2) is 11.6 Å². The molecule has 32 heavy (non-hydrogen) atoms. The molecule has 1 N–H and O–H groups in total. The molecule has 1 aliphatic rings. The first kappa shape index (κ1) is 29.2. The van der Waals surface area contributed by atoms with Crippen LogP contribution in [0.5, 0.6) is 0 Å². The topological polar surface area (TPSA) is 40.5 Å². The van der Waals surface area contributed by atoms with E-state index in [9.17, 15) is 4.79 Å². The summed E-state index contributed by atoms with van der Waals surface area (Å²) in [6.07, 6.45) is 25.6. The maximum Gasteiger partial charge on any atom is 0.328 e. The van der Waals surface area contributed by atoms with Gasteiger partial charge in [-0.1, -0.05) is 109 Å². The Morgan fingerprint density at radius 2 is 1.06 bits per heavy atom. The van der Waals surface area contributed by atoms with Crippen molar-refractivity contribution in [2.75, 3.05) is 6.54 Å². The van der Waals surface area contributed by atoms with Crippen LogP contribution in [0.2, 0.25) is 0 Å². The summed E-state index contributed by atoms with van der Waals surface area (Å²) < 4.78 is 0. The third-order valence-electron chi connectivity index (χ3n) is 7.34. The molecule has 3 heteroatoms. The van der Waals surface area contributed by atoms with Crippen molar-refractivity contribution in [1.82, 2.24) is 4.90 Å². The van der Waals surface area contributed by atoms with E-state index in [0.717, 1.165) is 25.0 Å². The molecule has 0 aromatic carbocycles. The zero-order valence-electron chi connectivity index (χ0n) is 22.3. The Balaban J connectivity index is 2.05. The molecule has 1 rings (SSSR count). The van der Waals surface area contributed by atoms with Gasteiger partial charge in [0.2, 0.25) is 0 Å². The molecule has 0 saturated carbocycles. The second-order valence-electron chi connectivity index (χ2n) is 11.6. The molecule has 0 aliphatic carbocycles. The Morgan fingerprint density at radius 1 is 0.719 bits per heavy atom. The van der Waals surface area contributed by atoms with E-state index in [4.69, 9.17) is 5.11 Å². The molecular weight excluding hydrogens is 394 g/mol. The number of nitrogens with zero attached hydrogens (tertiary/aromatic N) is 1. The fourth-order valence-corrected chi connectivity index (χ4v) is 5.88. The van der Waals surface area contributed by atoms with Gasteiger partial charge in [-0.15, -0.1) is 0 Å². The molecule has 1 fully saturated rings. The fourth-order valence-electron chi connectivity index (χ4n) is 5.88. The number of aliphatic carboxylic acids is 1. The first-order chi connectivity index (χ1) is 15.2. The SMILES string of the molecule is CCCCCCCCCCCCCCCCCCN1C(C)(C)CC(=CC(=O)O)CC1(C)C. The molecule has 3 nitrogen and oxygen atoms in total. The average molecular weight is 450 g/mol. The van der Waals surface area contributed by atoms with Crippen molar-refractivity contribution >= 4 is 5.97 Å². The Labute approximate surface area is 200 Å². The highest BCUT2D eigenvalue weighted by atomic mass is 16.4. The lowest BCUT2D eigenvalue weighted by Gasteiger charge is -2.54. The van der Waals surface area contributed by atoms with Gasteiger partial charge in [-0.2, -0.15) is 0 Å². The van der Waals surface area contributed by atoms with E-state index >= 15 is 0 Å². The lowest BCUT2D eigenvalue weighted by Crippen LogP contribution is -2.59. The number of piperidine rings is 1. The standard InChI is InChI=1S/C29H55NO2/c1-6-7-8-9-10-11-12-13-14-15-16-17-18-19-20-21-22-30-28(2,3)24-26(23-27(31)32)25-29(30,4)5/h23H,6-22,24-25H2,1-5H3,(H,31,32). The molecule has 1 saturated heterocycles. The van der Waals surface area contributed by atoms with Crippen LogP contribution in [0.1, 0.15) is 150 Å². The number of unbranched alkanes of at least 4 members (excludes halogenated alkanes) is 15. The number of carbonyl (C=O) groups is 1. The normalized spacial score (nSPS) is 18.1. The van der Waals surface area contributed by atoms with Crippen molar-refractivity contribution < 1.29 is 9.90 Å². The lowest BCUT2D eigenvalue weighted by molar-refractivity contribution is -0.131. The van der Waals surface area contributed by atoms with Crippen molar-refractivity contribution in [3.05, 3.63) is 11.6 Å². The van der Waals surface area contributed by atoms with E-state index in [-0.39, 0.29) is 11.1 Å². The predicted molar refractivity (Wildman–Crippen MR) is 139 cm³/mol. The van der Waals surface area contributed by atoms with Gasteiger partial charge in [0.25, 0.3) is 0 Å². The van der Waals surface area contributed by atoms with E-state index in [1.807, 2.05) is 0 Å². The zero-order chi connectivity index (χ0) is 23.9. The fraction of sp³-hybridized carbons (Fsp3) is 0.897. The van der Waals surface area contributed by atoms with Gasteiger partial charge in [0.05, 0.1) is 0 Å². The molecule has 0 atom stereocenters. The highest BCUT2D eigenvalue weighted by molar-refractivity contribution is 5.80. The summed E-state index contributed by atoms with van der Waals surface area (Å²) in [7, 11) is 0. The van der Waals surface area contributed by atoms with Gasteiger partial charge in [0.15, 0.2) is 0 Å². The van der Waals surface area contributed by atoms with Gasteiger partial charge in [-0.3, -0.25) is 4.90 Å². The maximum absolute atomic E-state index is 11.1. The average Bonchev–Trinajstić information content (AvgIpc) is 2.67. The second-order valence-corrected chi connectivity index (χ2v) is 11.6. The molecule has 0 amide bonds. The number of hydrogen-bond acceptors (Lipinski definition) is 2. The molecule has 0 unspecified atom stereocenters. The van der Waals surface area contributed by atoms with Crippen molar-refractivity contribution in [3.63, 3.8) is 0 Å². The highest BCUT2D eigenvalue weighted by Gasteiger charge is 2.42. The molecule has 0 spiro atoms. The minimum Gasteiger partial charge on any atom is -0.478 e. The van der Waals surface area contributed by atoms with E-state index in [0.29, 0.717) is 0 Å². The van der Waals surface area contributed by atoms with Gasteiger partial charge in [-0.25, -0.2) is 4.79 Å². The smallest absolute Gasteiger partial charge is 0.328 e. The summed E-state index contributed by atoms with van der Waals surface area (Å²) in [4.78, 5) is 13.7. The number of rotatable bonds is 18. The van der Waals surface area contributed by atoms with Crippen LogP contribution in [0.3, 0.4) is 0 Å². The molecule has 1 aliphatic heterocycles. The van der Waals surface area contributed by atoms with Crippen LogP contribution in [-0.4, -0.2) is 33.6 Å². The molecule has 0 radical (unpaired) electrons. The summed E-state index contributed by atoms with van der Waals surface area (Å²) in [5, 5.41) is 9.14. The number of likely N-dealkylation sites (tertiary alicyclic amines) is 1. The van der Waals surface area contributed by atoms with E-state index in [1.54, 1.807) is 0 Å². The van der Waals surface area contributed by atoms with Gasteiger partial charge >= 0.3 is 5.97 Å². The maximum atomic E-state index is 11.1. The number of carboxylic acid groups (broad SMARTS) is 1. The third-order valence-corrected chi connectivity index (χ3v) is 7.34. The highest BCUT2D eigenvalue weighted by Crippen LogP contribution is 2.41. The molecular formula is C29H55NO2. The minimum absolute atomic E-state index is 0.0263. The summed E-state index contributed by atoms with van der Waals surface area (Å²) in [5.41, 5.74) is 1.13. The molecule has 0 aromatic rings. The van der Waals surface area contributed by atoms with Crippen LogP contribution in [0.25, 0.3) is 0 Å². The van der Waals surface area contributed by atoms with Crippen molar-refractivity contribution in [2.45, 2.75) is 161 Å². The van der Waals surface area contributed by atoms with Gasteiger partial charge in [-0.05, 0) is 53.5 Å². The van der Waals surface area contributed by atoms with Gasteiger partial charge in [0.1, 0.15) is 0 Å². The molecule has 1 heterocycles. The monoisotopic (exact) mass is 449 g/mol. The van der Waals surface area contributed by atoms with Crippen LogP contribution in [-0.2, 0) is 4.79 Å². The van der Waals surface area contributed by atoms with Gasteiger partial charge in [0, 0.05) is 17.2 Å². The predicted octanol–water partition coefficient (Wildman–Crippen LogP) is 8.91. The van der Waals surface area contributed by atoms with Gasteiger partial charge < -0.3 is 5.11 Å². The van der Waals surface area contributed by atoms with Crippen molar-refractivity contribution in [3.8, 4) is 0 Å². The first-order valence-electron chi connectivity index (χ1n) is 13.9. The first-order valence-corrected chi connectivity index (χ1v) is 13.9. The largest absolute Gasteiger partial charge is 0.478 e. The van der Waals surface area contributed by atoms with Crippen molar-refractivity contribution in [2.24, 2.45) is 0 Å². The third kappa shape index (κ3) is 12.4. The quantitative estimate of drug-likeness (QED) is 0.168. The zero-order valence-corrected chi connectivity index (χ0v) is 22.3. The van der Waals surface area contributed by atoms with Crippen LogP contribution < -0.4 is 0 Å². The Bertz CT molecular complexity index is 515. The number of hydrogen-bond donors (Lipinski definition) is 1. The van der Waals surface area contributed by atoms with Crippen LogP contribution >= 0.6 is 0 Å². The summed E-state index contributed by atoms with van der Waals surface area (Å²) in [6, 6.07) is 0. The molecule has 188 valence electrons. The number of carboxylic acids is 1. The molecule has 0 aromatic heterocycles. The Morgan fingerprint density at radius 3 is 1.41 bits per heavy atom. The summed E-state index contributed by atoms with van der Waals surface area (Å²) >= 11 is 0. The molecule has 0 bridgehead atoms. The van der Waals surface area contributed by atoms with E-state index < -0.39 is 5.97 Å². The van der Waals surface area contributed by atoms with Crippen LogP contribution in [0.4, 0.5) is 0 Å². The van der Waals surface area contributed by atoms with E-state index in [1.165, 1.54) is 109 Å². The second kappa shape index (κ2) is 15.9. The Hall–Kier alpha value is -0.830. The van der Waals surface area contributed by atoms with E-state index in [2.05, 4.69) is 39.5 Å². The Kier molecular flexibility index (Phi) is 14.5. The summed E-state index contributed by atoms with van der Waals surface area (Å²) in [6.45, 7) is 12.5. The minimum atomic E-state index is -0.808. The lowest BCUT2D eigenvalue weighted by atomic mass is 9.76. The van der Waals surface area contributed by atoms with Crippen LogP contribution in [0, 0.1) is 0 Å².